The molecule has 0 spiro atoms. The van der Waals surface area contributed by atoms with Gasteiger partial charge in [0.25, 0.3) is 0 Å². The normalized spacial score (nSPS) is 17.4. The molecular formula is C21H23ClN2O7S. The van der Waals surface area contributed by atoms with Gasteiger partial charge in [0, 0.05) is 11.6 Å². The number of rotatable bonds is 8. The zero-order valence-electron chi connectivity index (χ0n) is 17.8. The van der Waals surface area contributed by atoms with Crippen LogP contribution in [-0.2, 0) is 19.4 Å². The lowest BCUT2D eigenvalue weighted by Crippen LogP contribution is -2.13. The minimum atomic E-state index is -3.10. The summed E-state index contributed by atoms with van der Waals surface area (Å²) in [6.07, 6.45) is 3.01. The lowest BCUT2D eigenvalue weighted by molar-refractivity contribution is -0.136. The number of hydrogen-bond acceptors (Lipinski definition) is 8. The first-order chi connectivity index (χ1) is 15.1. The van der Waals surface area contributed by atoms with Gasteiger partial charge in [-0.2, -0.15) is 5.10 Å². The fourth-order valence-corrected chi connectivity index (χ4v) is 5.45. The van der Waals surface area contributed by atoms with Gasteiger partial charge in [0.15, 0.2) is 16.4 Å². The smallest absolute Gasteiger partial charge is 0.331 e. The fraction of sp³-hybridized carbons (Fsp3) is 0.381. The average molecular weight is 483 g/mol. The van der Waals surface area contributed by atoms with Crippen molar-refractivity contribution < 1.29 is 32.2 Å². The van der Waals surface area contributed by atoms with Crippen molar-refractivity contribution in [3.8, 4) is 11.5 Å². The molecule has 1 saturated heterocycles. The van der Waals surface area contributed by atoms with Gasteiger partial charge < -0.3 is 14.2 Å². The lowest BCUT2D eigenvalue weighted by atomic mass is 10.1. The van der Waals surface area contributed by atoms with E-state index >= 15 is 0 Å². The quantitative estimate of drug-likeness (QED) is 0.320. The highest BCUT2D eigenvalue weighted by Crippen LogP contribution is 2.30. The van der Waals surface area contributed by atoms with Gasteiger partial charge in [-0.05, 0) is 37.6 Å². The Morgan fingerprint density at radius 2 is 2.03 bits per heavy atom. The van der Waals surface area contributed by atoms with E-state index < -0.39 is 28.2 Å². The molecule has 2 aromatic rings. The topological polar surface area (TPSA) is 114 Å². The Hall–Kier alpha value is -2.85. The van der Waals surface area contributed by atoms with Crippen LogP contribution in [0.25, 0.3) is 6.08 Å². The van der Waals surface area contributed by atoms with Crippen LogP contribution in [0.3, 0.4) is 0 Å². The standard InChI is InChI=1S/C21H23ClN2O7S/c1-13-16(21(22)24(23-13)14-8-9-32(27,28)12-14)5-7-20(26)31-11-18(25)17-10-15(29-2)4-6-19(17)30-3/h4-7,10,14H,8-9,11-12H2,1-3H3/b7-5+/t14-/m1/s1. The molecule has 32 heavy (non-hydrogen) atoms. The third-order valence-corrected chi connectivity index (χ3v) is 7.19. The van der Waals surface area contributed by atoms with E-state index in [2.05, 4.69) is 5.10 Å². The molecule has 0 N–H and O–H groups in total. The molecule has 1 aliphatic rings. The monoisotopic (exact) mass is 482 g/mol. The van der Waals surface area contributed by atoms with Crippen molar-refractivity contribution in [2.45, 2.75) is 19.4 Å². The largest absolute Gasteiger partial charge is 0.497 e. The Bertz CT molecular complexity index is 1170. The van der Waals surface area contributed by atoms with E-state index in [4.69, 9.17) is 25.8 Å². The molecule has 3 rings (SSSR count). The van der Waals surface area contributed by atoms with Crippen molar-refractivity contribution in [2.75, 3.05) is 32.3 Å². The molecule has 0 unspecified atom stereocenters. The summed E-state index contributed by atoms with van der Waals surface area (Å²) in [5.74, 6) is -0.312. The van der Waals surface area contributed by atoms with Crippen molar-refractivity contribution in [2.24, 2.45) is 0 Å². The molecule has 0 saturated carbocycles. The molecular weight excluding hydrogens is 460 g/mol. The average Bonchev–Trinajstić information content (AvgIpc) is 3.27. The SMILES string of the molecule is COc1ccc(OC)c(C(=O)COC(=O)/C=C/c2c(C)nn([C@@H]3CCS(=O)(=O)C3)c2Cl)c1. The summed E-state index contributed by atoms with van der Waals surface area (Å²) in [6.45, 7) is 1.22. The number of carbonyl (C=O) groups excluding carboxylic acids is 2. The Morgan fingerprint density at radius 3 is 2.66 bits per heavy atom. The second-order valence-corrected chi connectivity index (χ2v) is 9.81. The molecule has 1 aliphatic heterocycles. The summed E-state index contributed by atoms with van der Waals surface area (Å²) in [7, 11) is -0.193. The van der Waals surface area contributed by atoms with Crippen molar-refractivity contribution in [3.05, 3.63) is 46.2 Å². The van der Waals surface area contributed by atoms with Crippen molar-refractivity contribution in [1.29, 1.82) is 0 Å². The Kier molecular flexibility index (Phi) is 7.25. The number of benzene rings is 1. The molecule has 1 atom stereocenters. The van der Waals surface area contributed by atoms with Crippen LogP contribution in [-0.4, -0.2) is 62.3 Å². The molecule has 0 amide bonds. The van der Waals surface area contributed by atoms with E-state index in [1.807, 2.05) is 0 Å². The van der Waals surface area contributed by atoms with Gasteiger partial charge in [0.2, 0.25) is 5.78 Å². The number of ether oxygens (including phenoxy) is 3. The molecule has 1 aromatic heterocycles. The van der Waals surface area contributed by atoms with Crippen molar-refractivity contribution in [3.63, 3.8) is 0 Å². The maximum atomic E-state index is 12.5. The number of halogens is 1. The maximum Gasteiger partial charge on any atom is 0.331 e. The first-order valence-corrected chi connectivity index (χ1v) is 11.9. The van der Waals surface area contributed by atoms with Gasteiger partial charge in [0.1, 0.15) is 16.7 Å². The van der Waals surface area contributed by atoms with Gasteiger partial charge in [-0.3, -0.25) is 4.79 Å². The Labute approximate surface area is 190 Å². The summed E-state index contributed by atoms with van der Waals surface area (Å²) >= 11 is 6.38. The highest BCUT2D eigenvalue weighted by molar-refractivity contribution is 7.91. The van der Waals surface area contributed by atoms with E-state index in [0.29, 0.717) is 29.2 Å². The van der Waals surface area contributed by atoms with Crippen LogP contribution in [0.15, 0.2) is 24.3 Å². The number of hydrogen-bond donors (Lipinski definition) is 0. The predicted octanol–water partition coefficient (Wildman–Crippen LogP) is 2.66. The van der Waals surface area contributed by atoms with Gasteiger partial charge >= 0.3 is 5.97 Å². The zero-order chi connectivity index (χ0) is 23.5. The second-order valence-electron chi connectivity index (χ2n) is 7.22. The van der Waals surface area contributed by atoms with Crippen LogP contribution in [0.1, 0.15) is 34.1 Å². The number of esters is 1. The van der Waals surface area contributed by atoms with Gasteiger partial charge in [0.05, 0.1) is 43.0 Å². The third-order valence-electron chi connectivity index (χ3n) is 5.06. The number of sulfone groups is 1. The highest BCUT2D eigenvalue weighted by atomic mass is 35.5. The molecule has 2 heterocycles. The predicted molar refractivity (Wildman–Crippen MR) is 118 cm³/mol. The van der Waals surface area contributed by atoms with Crippen molar-refractivity contribution >= 4 is 39.3 Å². The van der Waals surface area contributed by atoms with Crippen LogP contribution in [0, 0.1) is 6.92 Å². The maximum absolute atomic E-state index is 12.5. The lowest BCUT2D eigenvalue weighted by Gasteiger charge is -2.09. The van der Waals surface area contributed by atoms with Crippen LogP contribution >= 0.6 is 11.6 Å². The minimum Gasteiger partial charge on any atom is -0.497 e. The first-order valence-electron chi connectivity index (χ1n) is 9.70. The number of carbonyl (C=O) groups is 2. The number of Topliss-reactive ketones (excluding diaryl/α,β-unsaturated/α-hetero) is 1. The van der Waals surface area contributed by atoms with Crippen LogP contribution in [0.5, 0.6) is 11.5 Å². The molecule has 0 aliphatic carbocycles. The van der Waals surface area contributed by atoms with Gasteiger partial charge in [-0.25, -0.2) is 17.9 Å². The number of aryl methyl sites for hydroxylation is 1. The van der Waals surface area contributed by atoms with E-state index in [1.54, 1.807) is 19.1 Å². The van der Waals surface area contributed by atoms with Crippen LogP contribution < -0.4 is 9.47 Å². The Morgan fingerprint density at radius 1 is 1.28 bits per heavy atom. The van der Waals surface area contributed by atoms with E-state index in [1.165, 1.54) is 31.0 Å². The molecule has 9 nitrogen and oxygen atoms in total. The summed E-state index contributed by atoms with van der Waals surface area (Å²) in [4.78, 5) is 24.6. The number of methoxy groups -OCH3 is 2. The highest BCUT2D eigenvalue weighted by Gasteiger charge is 2.31. The molecule has 172 valence electrons. The third kappa shape index (κ3) is 5.31. The summed E-state index contributed by atoms with van der Waals surface area (Å²) in [5, 5.41) is 4.56. The first kappa shape index (κ1) is 23.8. The molecule has 0 radical (unpaired) electrons. The number of aromatic nitrogens is 2. The Balaban J connectivity index is 1.66. The summed E-state index contributed by atoms with van der Waals surface area (Å²) in [6, 6.07) is 4.41. The van der Waals surface area contributed by atoms with Crippen molar-refractivity contribution in [1.82, 2.24) is 9.78 Å². The second kappa shape index (κ2) is 9.74. The summed E-state index contributed by atoms with van der Waals surface area (Å²) < 4.78 is 40.3. The zero-order valence-corrected chi connectivity index (χ0v) is 19.4. The van der Waals surface area contributed by atoms with Crippen LogP contribution in [0.4, 0.5) is 0 Å². The van der Waals surface area contributed by atoms with E-state index in [9.17, 15) is 18.0 Å². The van der Waals surface area contributed by atoms with Gasteiger partial charge in [-0.1, -0.05) is 11.6 Å². The van der Waals surface area contributed by atoms with Gasteiger partial charge in [-0.15, -0.1) is 0 Å². The van der Waals surface area contributed by atoms with Crippen LogP contribution in [0.2, 0.25) is 5.15 Å². The van der Waals surface area contributed by atoms with E-state index in [0.717, 1.165) is 6.08 Å². The summed E-state index contributed by atoms with van der Waals surface area (Å²) in [5.41, 5.74) is 1.25. The van der Waals surface area contributed by atoms with E-state index in [-0.39, 0.29) is 28.3 Å². The molecule has 11 heteroatoms. The molecule has 0 bridgehead atoms. The molecule has 1 aromatic carbocycles. The number of ketones is 1. The minimum absolute atomic E-state index is 0.0190. The number of nitrogens with zero attached hydrogens (tertiary/aromatic N) is 2. The fourth-order valence-electron chi connectivity index (χ4n) is 3.38. The molecule has 1 fully saturated rings.